The summed E-state index contributed by atoms with van der Waals surface area (Å²) < 4.78 is 0. The number of hydrogen-bond acceptors (Lipinski definition) is 1. The molecule has 0 unspecified atom stereocenters. The van der Waals surface area contributed by atoms with Gasteiger partial charge in [0.2, 0.25) is 0 Å². The van der Waals surface area contributed by atoms with E-state index in [9.17, 15) is 4.79 Å². The third-order valence-corrected chi connectivity index (χ3v) is 7.73. The fourth-order valence-corrected chi connectivity index (χ4v) is 5.73. The lowest BCUT2D eigenvalue weighted by atomic mass is 10.3. The highest BCUT2D eigenvalue weighted by Gasteiger charge is 2.36. The Morgan fingerprint density at radius 3 is 1.76 bits per heavy atom. The van der Waals surface area contributed by atoms with Crippen molar-refractivity contribution in [3.05, 3.63) is 60.7 Å². The van der Waals surface area contributed by atoms with Crippen LogP contribution in [-0.2, 0) is 4.79 Å². The van der Waals surface area contributed by atoms with Crippen molar-refractivity contribution in [3.8, 4) is 0 Å². The van der Waals surface area contributed by atoms with Gasteiger partial charge in [0.15, 0.2) is 0 Å². The molecule has 21 heavy (non-hydrogen) atoms. The fraction of sp³-hybridized carbons (Fsp3) is 0.235. The molecule has 112 valence electrons. The van der Waals surface area contributed by atoms with Crippen LogP contribution in [0.3, 0.4) is 0 Å². The molecular weight excluding hydrogens is 303 g/mol. The lowest BCUT2D eigenvalue weighted by Crippen LogP contribution is -2.24. The molecule has 0 amide bonds. The molecule has 0 aliphatic heterocycles. The smallest absolute Gasteiger partial charge is 0.303 e. The first-order chi connectivity index (χ1) is 9.63. The molecule has 4 heteroatoms. The minimum absolute atomic E-state index is 0. The average molecular weight is 324 g/mol. The van der Waals surface area contributed by atoms with E-state index in [1.54, 1.807) is 0 Å². The van der Waals surface area contributed by atoms with Crippen molar-refractivity contribution in [1.82, 2.24) is 0 Å². The van der Waals surface area contributed by atoms with Gasteiger partial charge in [-0.1, -0.05) is 36.4 Å². The van der Waals surface area contributed by atoms with Crippen molar-refractivity contribution >= 4 is 36.2 Å². The molecule has 0 heterocycles. The minimum atomic E-state index is -1.49. The Morgan fingerprint density at radius 2 is 1.38 bits per heavy atom. The molecule has 0 aromatic heterocycles. The van der Waals surface area contributed by atoms with Gasteiger partial charge in [-0.3, -0.25) is 4.79 Å². The first kappa shape index (κ1) is 17.7. The van der Waals surface area contributed by atoms with Gasteiger partial charge in [-0.25, -0.2) is 0 Å². The zero-order valence-corrected chi connectivity index (χ0v) is 13.8. The summed E-state index contributed by atoms with van der Waals surface area (Å²) in [6.45, 7) is 2.31. The number of carboxylic acids is 1. The van der Waals surface area contributed by atoms with Gasteiger partial charge < -0.3 is 5.11 Å². The van der Waals surface area contributed by atoms with Gasteiger partial charge in [-0.05, 0) is 30.7 Å². The summed E-state index contributed by atoms with van der Waals surface area (Å²) in [6.07, 6.45) is 1.91. The van der Waals surface area contributed by atoms with Crippen LogP contribution in [0.1, 0.15) is 12.8 Å². The molecule has 0 bridgehead atoms. The summed E-state index contributed by atoms with van der Waals surface area (Å²) in [5, 5.41) is 11.6. The van der Waals surface area contributed by atoms with E-state index in [2.05, 4.69) is 55.2 Å². The topological polar surface area (TPSA) is 37.3 Å². The highest BCUT2D eigenvalue weighted by Crippen LogP contribution is 2.53. The lowest BCUT2D eigenvalue weighted by molar-refractivity contribution is -0.137. The Hall–Kier alpha value is -1.37. The number of carboxylic acid groups (broad SMARTS) is 1. The van der Waals surface area contributed by atoms with Crippen LogP contribution in [0.2, 0.25) is 0 Å². The fourth-order valence-electron chi connectivity index (χ4n) is 2.47. The maximum Gasteiger partial charge on any atom is 0.303 e. The average Bonchev–Trinajstić information content (AvgIpc) is 2.48. The molecule has 0 saturated heterocycles. The number of rotatable bonds is 6. The Kier molecular flexibility index (Phi) is 6.87. The number of carbonyl (C=O) groups is 1. The zero-order chi connectivity index (χ0) is 14.4. The molecule has 0 atom stereocenters. The highest BCUT2D eigenvalue weighted by molar-refractivity contribution is 7.88. The van der Waals surface area contributed by atoms with Crippen LogP contribution in [0.25, 0.3) is 0 Å². The summed E-state index contributed by atoms with van der Waals surface area (Å²) in [7, 11) is -1.49. The van der Waals surface area contributed by atoms with E-state index in [0.717, 1.165) is 12.6 Å². The molecule has 0 aliphatic rings. The molecule has 2 rings (SSSR count). The van der Waals surface area contributed by atoms with E-state index in [4.69, 9.17) is 5.11 Å². The van der Waals surface area contributed by atoms with E-state index in [0.29, 0.717) is 0 Å². The molecule has 0 radical (unpaired) electrons. The molecule has 1 N–H and O–H groups in total. The summed E-state index contributed by atoms with van der Waals surface area (Å²) >= 11 is 0. The second-order valence-electron chi connectivity index (χ2n) is 5.08. The van der Waals surface area contributed by atoms with Crippen molar-refractivity contribution in [2.45, 2.75) is 12.8 Å². The standard InChI is InChI=1S/C17H19O2P.ClH/c1-20(14-8-13-17(18)19,15-9-4-2-5-10-15)16-11-6-3-7-12-16;/h2-7,9-12H,8,13-14H2,1H3;1H/p+1. The van der Waals surface area contributed by atoms with E-state index < -0.39 is 13.2 Å². The van der Waals surface area contributed by atoms with Crippen molar-refractivity contribution in [1.29, 1.82) is 0 Å². The van der Waals surface area contributed by atoms with Crippen molar-refractivity contribution < 1.29 is 9.90 Å². The molecule has 0 aliphatic carbocycles. The maximum absolute atomic E-state index is 10.8. The third kappa shape index (κ3) is 4.56. The van der Waals surface area contributed by atoms with Crippen LogP contribution in [0.5, 0.6) is 0 Å². The highest BCUT2D eigenvalue weighted by atomic mass is 35.5. The maximum atomic E-state index is 10.8. The normalized spacial score (nSPS) is 10.7. The number of halogens is 1. The summed E-state index contributed by atoms with van der Waals surface area (Å²) in [5.41, 5.74) is 0. The van der Waals surface area contributed by atoms with E-state index in [1.165, 1.54) is 10.6 Å². The molecule has 2 aromatic carbocycles. The first-order valence-corrected chi connectivity index (χ1v) is 9.23. The molecule has 2 aromatic rings. The van der Waals surface area contributed by atoms with E-state index in [1.807, 2.05) is 12.1 Å². The van der Waals surface area contributed by atoms with Gasteiger partial charge in [0.05, 0.1) is 30.7 Å². The minimum Gasteiger partial charge on any atom is -0.481 e. The van der Waals surface area contributed by atoms with Crippen LogP contribution in [0, 0.1) is 0 Å². The number of benzene rings is 2. The second-order valence-corrected chi connectivity index (χ2v) is 8.95. The van der Waals surface area contributed by atoms with Crippen LogP contribution >= 0.6 is 19.7 Å². The lowest BCUT2D eigenvalue weighted by Gasteiger charge is -2.22. The van der Waals surface area contributed by atoms with Gasteiger partial charge in [0, 0.05) is 6.42 Å². The van der Waals surface area contributed by atoms with Crippen molar-refractivity contribution in [3.63, 3.8) is 0 Å². The Bertz CT molecular complexity index is 518. The Morgan fingerprint density at radius 1 is 0.952 bits per heavy atom. The van der Waals surface area contributed by atoms with Gasteiger partial charge in [0.25, 0.3) is 0 Å². The van der Waals surface area contributed by atoms with Crippen molar-refractivity contribution in [2.24, 2.45) is 0 Å². The van der Waals surface area contributed by atoms with Gasteiger partial charge in [-0.15, -0.1) is 12.4 Å². The second kappa shape index (κ2) is 8.17. The number of hydrogen-bond donors (Lipinski definition) is 1. The Balaban J connectivity index is 0.00000220. The SMILES string of the molecule is C[P+](CCCC(=O)O)(c1ccccc1)c1ccccc1.Cl. The summed E-state index contributed by atoms with van der Waals surface area (Å²) in [6, 6.07) is 21.0. The van der Waals surface area contributed by atoms with E-state index in [-0.39, 0.29) is 18.8 Å². The van der Waals surface area contributed by atoms with Crippen molar-refractivity contribution in [2.75, 3.05) is 12.8 Å². The van der Waals surface area contributed by atoms with Crippen LogP contribution in [0.4, 0.5) is 0 Å². The Labute approximate surface area is 133 Å². The van der Waals surface area contributed by atoms with Gasteiger partial charge >= 0.3 is 5.97 Å². The van der Waals surface area contributed by atoms with Gasteiger partial charge in [0.1, 0.15) is 0 Å². The van der Waals surface area contributed by atoms with Crippen LogP contribution < -0.4 is 10.6 Å². The predicted octanol–water partition coefficient (Wildman–Crippen LogP) is 3.57. The summed E-state index contributed by atoms with van der Waals surface area (Å²) in [5.74, 6) is -0.710. The third-order valence-electron chi connectivity index (χ3n) is 3.65. The quantitative estimate of drug-likeness (QED) is 0.825. The van der Waals surface area contributed by atoms with Crippen LogP contribution in [0.15, 0.2) is 60.7 Å². The van der Waals surface area contributed by atoms with E-state index >= 15 is 0 Å². The first-order valence-electron chi connectivity index (χ1n) is 6.81. The predicted molar refractivity (Wildman–Crippen MR) is 94.0 cm³/mol. The molecule has 2 nitrogen and oxygen atoms in total. The molecule has 0 saturated carbocycles. The summed E-state index contributed by atoms with van der Waals surface area (Å²) in [4.78, 5) is 10.8. The zero-order valence-electron chi connectivity index (χ0n) is 12.1. The monoisotopic (exact) mass is 323 g/mol. The van der Waals surface area contributed by atoms with Crippen LogP contribution in [-0.4, -0.2) is 23.9 Å². The molecular formula is C17H21ClO2P+. The van der Waals surface area contributed by atoms with Gasteiger partial charge in [-0.2, -0.15) is 0 Å². The molecule has 0 fully saturated rings. The number of aliphatic carboxylic acids is 1. The largest absolute Gasteiger partial charge is 0.481 e. The molecule has 0 spiro atoms.